The molecule has 0 aromatic heterocycles. The third-order valence-corrected chi connectivity index (χ3v) is 10.2. The zero-order valence-corrected chi connectivity index (χ0v) is 17.8. The highest BCUT2D eigenvalue weighted by Crippen LogP contribution is 2.68. The number of hydrogen-bond donors (Lipinski definition) is 2. The summed E-state index contributed by atoms with van der Waals surface area (Å²) in [5.41, 5.74) is 0.138. The van der Waals surface area contributed by atoms with Crippen LogP contribution in [0.3, 0.4) is 0 Å². The molecule has 4 aliphatic carbocycles. The lowest BCUT2D eigenvalue weighted by Gasteiger charge is -2.62. The van der Waals surface area contributed by atoms with E-state index in [2.05, 4.69) is 20.8 Å². The predicted octanol–water partition coefficient (Wildman–Crippen LogP) is 4.69. The zero-order valence-electron chi connectivity index (χ0n) is 17.8. The van der Waals surface area contributed by atoms with Crippen LogP contribution in [0, 0.1) is 46.3 Å². The second-order valence-corrected chi connectivity index (χ2v) is 11.1. The molecule has 0 amide bonds. The number of carboxylic acid groups (broad SMARTS) is 1. The smallest absolute Gasteiger partial charge is 0.303 e. The minimum atomic E-state index is -0.714. The van der Waals surface area contributed by atoms with Gasteiger partial charge >= 0.3 is 5.97 Å². The lowest BCUT2D eigenvalue weighted by Crippen LogP contribution is -2.58. The van der Waals surface area contributed by atoms with Crippen LogP contribution in [0.15, 0.2) is 0 Å². The molecular weight excluding hydrogens is 352 g/mol. The number of aliphatic hydroxyl groups excluding tert-OH is 1. The number of carbonyl (C=O) groups excluding carboxylic acids is 1. The van der Waals surface area contributed by atoms with Gasteiger partial charge in [0.2, 0.25) is 0 Å². The molecule has 4 rings (SSSR count). The number of aliphatic carboxylic acids is 1. The maximum atomic E-state index is 12.1. The van der Waals surface area contributed by atoms with Crippen LogP contribution in [-0.4, -0.2) is 28.1 Å². The molecule has 0 saturated heterocycles. The van der Waals surface area contributed by atoms with Crippen molar-refractivity contribution < 1.29 is 19.8 Å². The van der Waals surface area contributed by atoms with Crippen LogP contribution in [0.5, 0.6) is 0 Å². The Hall–Kier alpha value is -0.900. The Morgan fingerprint density at radius 3 is 2.64 bits per heavy atom. The minimum absolute atomic E-state index is 0.0766. The van der Waals surface area contributed by atoms with E-state index in [4.69, 9.17) is 5.11 Å². The van der Waals surface area contributed by atoms with Crippen molar-refractivity contribution >= 4 is 11.8 Å². The molecule has 0 aromatic carbocycles. The molecule has 3 unspecified atom stereocenters. The summed E-state index contributed by atoms with van der Waals surface area (Å²) in [6.07, 6.45) is 8.69. The van der Waals surface area contributed by atoms with Crippen molar-refractivity contribution in [3.63, 3.8) is 0 Å². The van der Waals surface area contributed by atoms with Gasteiger partial charge in [0, 0.05) is 19.3 Å². The fraction of sp³-hybridized carbons (Fsp3) is 0.917. The van der Waals surface area contributed by atoms with Crippen molar-refractivity contribution in [2.24, 2.45) is 46.3 Å². The molecule has 0 radical (unpaired) electrons. The van der Waals surface area contributed by atoms with E-state index in [0.717, 1.165) is 32.1 Å². The average molecular weight is 391 g/mol. The number of fused-ring (bicyclic) bond motifs is 5. The van der Waals surface area contributed by atoms with Gasteiger partial charge in [-0.1, -0.05) is 20.8 Å². The molecule has 4 aliphatic rings. The summed E-state index contributed by atoms with van der Waals surface area (Å²) < 4.78 is 0. The van der Waals surface area contributed by atoms with Gasteiger partial charge in [-0.25, -0.2) is 0 Å². The molecule has 0 heterocycles. The van der Waals surface area contributed by atoms with Gasteiger partial charge in [0.1, 0.15) is 5.78 Å². The lowest BCUT2D eigenvalue weighted by molar-refractivity contribution is -0.171. The van der Waals surface area contributed by atoms with Crippen molar-refractivity contribution in [1.29, 1.82) is 0 Å². The summed E-state index contributed by atoms with van der Waals surface area (Å²) >= 11 is 0. The fourth-order valence-corrected chi connectivity index (χ4v) is 8.52. The fourth-order valence-electron chi connectivity index (χ4n) is 8.52. The first-order chi connectivity index (χ1) is 13.2. The van der Waals surface area contributed by atoms with Gasteiger partial charge in [0.05, 0.1) is 6.10 Å². The molecule has 9 atom stereocenters. The summed E-state index contributed by atoms with van der Waals surface area (Å²) in [6, 6.07) is 0. The lowest BCUT2D eigenvalue weighted by atomic mass is 9.44. The summed E-state index contributed by atoms with van der Waals surface area (Å²) in [5, 5.41) is 20.5. The SMILES string of the molecule is C[C@@H](CCC(=O)O)[C@H]1CCC2C3CC[C@@H]4CC(=O)CC[C@]4(C)C3C[C@H](O)[C@@]21C. The van der Waals surface area contributed by atoms with Crippen LogP contribution in [0.2, 0.25) is 0 Å². The monoisotopic (exact) mass is 390 g/mol. The van der Waals surface area contributed by atoms with Gasteiger partial charge in [0.15, 0.2) is 0 Å². The standard InChI is InChI=1S/C24H38O4/c1-14(4-9-22(27)28)18-7-8-19-17-6-5-15-12-16(25)10-11-23(15,2)20(17)13-21(26)24(18,19)3/h14-15,17-21,26H,4-13H2,1-3H3,(H,27,28)/t14-,15+,17?,18+,19?,20?,21-,23-,24+/m0/s1. The molecule has 158 valence electrons. The van der Waals surface area contributed by atoms with E-state index >= 15 is 0 Å². The van der Waals surface area contributed by atoms with Crippen LogP contribution in [0.1, 0.15) is 85.0 Å². The highest BCUT2D eigenvalue weighted by atomic mass is 16.4. The summed E-state index contributed by atoms with van der Waals surface area (Å²) in [4.78, 5) is 23.1. The summed E-state index contributed by atoms with van der Waals surface area (Å²) in [5.74, 6) is 2.76. The number of rotatable bonds is 4. The Bertz CT molecular complexity index is 645. The maximum Gasteiger partial charge on any atom is 0.303 e. The molecule has 4 fully saturated rings. The van der Waals surface area contributed by atoms with Crippen molar-refractivity contribution in [2.45, 2.75) is 91.1 Å². The van der Waals surface area contributed by atoms with Crippen LogP contribution in [0.25, 0.3) is 0 Å². The predicted molar refractivity (Wildman–Crippen MR) is 108 cm³/mol. The number of carboxylic acids is 1. The van der Waals surface area contributed by atoms with Gasteiger partial charge in [-0.05, 0) is 91.3 Å². The molecule has 4 nitrogen and oxygen atoms in total. The van der Waals surface area contributed by atoms with Gasteiger partial charge in [-0.3, -0.25) is 9.59 Å². The van der Waals surface area contributed by atoms with E-state index in [1.54, 1.807) is 0 Å². The second-order valence-electron chi connectivity index (χ2n) is 11.1. The van der Waals surface area contributed by atoms with E-state index in [1.165, 1.54) is 19.3 Å². The number of Topliss-reactive ketones (excluding diaryl/α,β-unsaturated/α-hetero) is 1. The molecular formula is C24H38O4. The Balaban J connectivity index is 1.57. The summed E-state index contributed by atoms with van der Waals surface area (Å²) in [7, 11) is 0. The third-order valence-electron chi connectivity index (χ3n) is 10.2. The average Bonchev–Trinajstić information content (AvgIpc) is 3.00. The molecule has 0 aromatic rings. The van der Waals surface area contributed by atoms with E-state index in [-0.39, 0.29) is 23.4 Å². The Labute approximate surface area is 169 Å². The number of hydrogen-bond acceptors (Lipinski definition) is 3. The molecule has 2 N–H and O–H groups in total. The van der Waals surface area contributed by atoms with E-state index < -0.39 is 5.97 Å². The number of carbonyl (C=O) groups is 2. The van der Waals surface area contributed by atoms with Gasteiger partial charge in [-0.2, -0.15) is 0 Å². The topological polar surface area (TPSA) is 74.6 Å². The number of aliphatic hydroxyl groups is 1. The van der Waals surface area contributed by atoms with Crippen molar-refractivity contribution in [1.82, 2.24) is 0 Å². The Kier molecular flexibility index (Phi) is 5.17. The minimum Gasteiger partial charge on any atom is -0.481 e. The van der Waals surface area contributed by atoms with Crippen LogP contribution < -0.4 is 0 Å². The maximum absolute atomic E-state index is 12.1. The highest BCUT2D eigenvalue weighted by molar-refractivity contribution is 5.79. The van der Waals surface area contributed by atoms with Crippen molar-refractivity contribution in [3.05, 3.63) is 0 Å². The second kappa shape index (κ2) is 7.11. The quantitative estimate of drug-likeness (QED) is 0.730. The molecule has 0 aliphatic heterocycles. The van der Waals surface area contributed by atoms with Gasteiger partial charge < -0.3 is 10.2 Å². The van der Waals surface area contributed by atoms with E-state index in [9.17, 15) is 14.7 Å². The van der Waals surface area contributed by atoms with E-state index in [0.29, 0.717) is 47.7 Å². The van der Waals surface area contributed by atoms with Crippen LogP contribution in [-0.2, 0) is 9.59 Å². The van der Waals surface area contributed by atoms with Gasteiger partial charge in [0.25, 0.3) is 0 Å². The normalized spacial score (nSPS) is 49.1. The molecule has 0 bridgehead atoms. The molecule has 4 heteroatoms. The van der Waals surface area contributed by atoms with Gasteiger partial charge in [-0.15, -0.1) is 0 Å². The Morgan fingerprint density at radius 2 is 1.93 bits per heavy atom. The first kappa shape index (κ1) is 20.4. The van der Waals surface area contributed by atoms with Crippen LogP contribution >= 0.6 is 0 Å². The van der Waals surface area contributed by atoms with Crippen LogP contribution in [0.4, 0.5) is 0 Å². The highest BCUT2D eigenvalue weighted by Gasteiger charge is 2.63. The molecule has 0 spiro atoms. The van der Waals surface area contributed by atoms with Crippen molar-refractivity contribution in [2.75, 3.05) is 0 Å². The molecule has 28 heavy (non-hydrogen) atoms. The largest absolute Gasteiger partial charge is 0.481 e. The number of ketones is 1. The third kappa shape index (κ3) is 2.97. The first-order valence-corrected chi connectivity index (χ1v) is 11.6. The Morgan fingerprint density at radius 1 is 1.18 bits per heavy atom. The summed E-state index contributed by atoms with van der Waals surface area (Å²) in [6.45, 7) is 6.93. The zero-order chi connectivity index (χ0) is 20.3. The van der Waals surface area contributed by atoms with E-state index in [1.807, 2.05) is 0 Å². The van der Waals surface area contributed by atoms with Crippen molar-refractivity contribution in [3.8, 4) is 0 Å². The molecule has 4 saturated carbocycles. The first-order valence-electron chi connectivity index (χ1n) is 11.6.